The summed E-state index contributed by atoms with van der Waals surface area (Å²) in [4.78, 5) is 25.7. The minimum absolute atomic E-state index is 0.0234. The van der Waals surface area contributed by atoms with Crippen molar-refractivity contribution in [1.82, 2.24) is 4.90 Å². The standard InChI is InChI=1S/C16H20N2O3/c1-10-6-7-18(14(10)16(20)21)15(19)12-8-11-4-2-3-5-13(11)17-9-12/h2-5,10,12,14,17H,6-9H2,1H3,(H,20,21). The number of fused-ring (bicyclic) bond motifs is 1. The summed E-state index contributed by atoms with van der Waals surface area (Å²) >= 11 is 0. The van der Waals surface area contributed by atoms with Gasteiger partial charge in [-0.3, -0.25) is 4.79 Å². The van der Waals surface area contributed by atoms with E-state index in [2.05, 4.69) is 5.32 Å². The van der Waals surface area contributed by atoms with Gasteiger partial charge in [-0.25, -0.2) is 4.79 Å². The van der Waals surface area contributed by atoms with E-state index < -0.39 is 12.0 Å². The molecule has 3 rings (SSSR count). The quantitative estimate of drug-likeness (QED) is 0.867. The van der Waals surface area contributed by atoms with Crippen LogP contribution in [-0.4, -0.2) is 41.0 Å². The van der Waals surface area contributed by atoms with E-state index in [1.165, 1.54) is 0 Å². The molecule has 1 aromatic rings. The molecule has 1 amide bonds. The average molecular weight is 288 g/mol. The van der Waals surface area contributed by atoms with Crippen LogP contribution in [0.4, 0.5) is 5.69 Å². The normalized spacial score (nSPS) is 27.9. The van der Waals surface area contributed by atoms with Gasteiger partial charge in [0.1, 0.15) is 6.04 Å². The van der Waals surface area contributed by atoms with Gasteiger partial charge in [-0.15, -0.1) is 0 Å². The molecule has 1 saturated heterocycles. The number of likely N-dealkylation sites (tertiary alicyclic amines) is 1. The van der Waals surface area contributed by atoms with Crippen LogP contribution < -0.4 is 5.32 Å². The molecule has 21 heavy (non-hydrogen) atoms. The van der Waals surface area contributed by atoms with E-state index in [1.54, 1.807) is 4.90 Å². The first-order valence-corrected chi connectivity index (χ1v) is 7.43. The lowest BCUT2D eigenvalue weighted by atomic mass is 9.92. The Hall–Kier alpha value is -2.04. The number of carboxylic acid groups (broad SMARTS) is 1. The van der Waals surface area contributed by atoms with Gasteiger partial charge in [0.05, 0.1) is 5.92 Å². The molecular formula is C16H20N2O3. The zero-order valence-electron chi connectivity index (χ0n) is 12.1. The lowest BCUT2D eigenvalue weighted by Gasteiger charge is -2.31. The Kier molecular flexibility index (Phi) is 3.57. The van der Waals surface area contributed by atoms with Gasteiger partial charge in [-0.05, 0) is 30.4 Å². The van der Waals surface area contributed by atoms with Crippen LogP contribution >= 0.6 is 0 Å². The van der Waals surface area contributed by atoms with Gasteiger partial charge in [-0.1, -0.05) is 25.1 Å². The Labute approximate surface area is 123 Å². The van der Waals surface area contributed by atoms with Crippen molar-refractivity contribution in [2.45, 2.75) is 25.8 Å². The van der Waals surface area contributed by atoms with Crippen molar-refractivity contribution in [3.8, 4) is 0 Å². The molecule has 0 spiro atoms. The molecule has 0 aromatic heterocycles. The molecule has 2 aliphatic rings. The molecule has 1 aromatic carbocycles. The number of hydrogen-bond donors (Lipinski definition) is 2. The molecule has 0 aliphatic carbocycles. The smallest absolute Gasteiger partial charge is 0.326 e. The number of rotatable bonds is 2. The van der Waals surface area contributed by atoms with Crippen molar-refractivity contribution in [2.75, 3.05) is 18.4 Å². The minimum atomic E-state index is -0.891. The summed E-state index contributed by atoms with van der Waals surface area (Å²) in [5.41, 5.74) is 2.20. The van der Waals surface area contributed by atoms with E-state index in [0.717, 1.165) is 17.7 Å². The number of carbonyl (C=O) groups excluding carboxylic acids is 1. The predicted molar refractivity (Wildman–Crippen MR) is 79.0 cm³/mol. The molecule has 0 saturated carbocycles. The monoisotopic (exact) mass is 288 g/mol. The maximum atomic E-state index is 12.7. The van der Waals surface area contributed by atoms with Gasteiger partial charge >= 0.3 is 5.97 Å². The highest BCUT2D eigenvalue weighted by atomic mass is 16.4. The Balaban J connectivity index is 1.76. The topological polar surface area (TPSA) is 69.6 Å². The molecule has 2 N–H and O–H groups in total. The van der Waals surface area contributed by atoms with Crippen LogP contribution in [0.3, 0.4) is 0 Å². The summed E-state index contributed by atoms with van der Waals surface area (Å²) in [5.74, 6) is -1.08. The molecule has 1 fully saturated rings. The fraction of sp³-hybridized carbons (Fsp3) is 0.500. The lowest BCUT2D eigenvalue weighted by molar-refractivity contribution is -0.150. The van der Waals surface area contributed by atoms with E-state index in [0.29, 0.717) is 19.5 Å². The van der Waals surface area contributed by atoms with Crippen LogP contribution in [-0.2, 0) is 16.0 Å². The third-order valence-corrected chi connectivity index (χ3v) is 4.61. The number of aliphatic carboxylic acids is 1. The van der Waals surface area contributed by atoms with Gasteiger partial charge in [0.25, 0.3) is 0 Å². The van der Waals surface area contributed by atoms with Crippen molar-refractivity contribution in [1.29, 1.82) is 0 Å². The number of nitrogens with one attached hydrogen (secondary N) is 1. The molecule has 2 heterocycles. The fourth-order valence-electron chi connectivity index (χ4n) is 3.42. The van der Waals surface area contributed by atoms with Crippen LogP contribution in [0.15, 0.2) is 24.3 Å². The Morgan fingerprint density at radius 1 is 1.33 bits per heavy atom. The van der Waals surface area contributed by atoms with Crippen molar-refractivity contribution >= 4 is 17.6 Å². The Morgan fingerprint density at radius 3 is 2.86 bits per heavy atom. The predicted octanol–water partition coefficient (Wildman–Crippen LogP) is 1.59. The summed E-state index contributed by atoms with van der Waals surface area (Å²) < 4.78 is 0. The van der Waals surface area contributed by atoms with Crippen LogP contribution in [0.1, 0.15) is 18.9 Å². The number of amides is 1. The maximum absolute atomic E-state index is 12.7. The maximum Gasteiger partial charge on any atom is 0.326 e. The van der Waals surface area contributed by atoms with Gasteiger partial charge in [0.15, 0.2) is 0 Å². The minimum Gasteiger partial charge on any atom is -0.480 e. The van der Waals surface area contributed by atoms with Crippen molar-refractivity contribution < 1.29 is 14.7 Å². The Morgan fingerprint density at radius 2 is 2.10 bits per heavy atom. The number of benzene rings is 1. The highest BCUT2D eigenvalue weighted by molar-refractivity contribution is 5.87. The Bertz CT molecular complexity index is 572. The lowest BCUT2D eigenvalue weighted by Crippen LogP contribution is -2.47. The SMILES string of the molecule is CC1CCN(C(=O)C2CNc3ccccc3C2)C1C(=O)O. The summed E-state index contributed by atoms with van der Waals surface area (Å²) in [6.07, 6.45) is 1.44. The summed E-state index contributed by atoms with van der Waals surface area (Å²) in [7, 11) is 0. The molecule has 3 atom stereocenters. The van der Waals surface area contributed by atoms with Crippen LogP contribution in [0, 0.1) is 11.8 Å². The molecule has 3 unspecified atom stereocenters. The summed E-state index contributed by atoms with van der Waals surface area (Å²) in [5, 5.41) is 12.6. The van der Waals surface area contributed by atoms with E-state index in [4.69, 9.17) is 0 Å². The average Bonchev–Trinajstić information content (AvgIpc) is 2.88. The zero-order chi connectivity index (χ0) is 15.0. The number of carbonyl (C=O) groups is 2. The highest BCUT2D eigenvalue weighted by Crippen LogP contribution is 2.30. The first kappa shape index (κ1) is 13.9. The van der Waals surface area contributed by atoms with Gasteiger partial charge in [0.2, 0.25) is 5.91 Å². The molecule has 112 valence electrons. The number of para-hydroxylation sites is 1. The molecule has 0 radical (unpaired) electrons. The third-order valence-electron chi connectivity index (χ3n) is 4.61. The van der Waals surface area contributed by atoms with Gasteiger partial charge in [-0.2, -0.15) is 0 Å². The molecular weight excluding hydrogens is 268 g/mol. The van der Waals surface area contributed by atoms with E-state index in [-0.39, 0.29) is 17.7 Å². The van der Waals surface area contributed by atoms with Crippen LogP contribution in [0.25, 0.3) is 0 Å². The molecule has 2 aliphatic heterocycles. The van der Waals surface area contributed by atoms with Gasteiger partial charge in [0, 0.05) is 18.8 Å². The summed E-state index contributed by atoms with van der Waals surface area (Å²) in [6.45, 7) is 3.03. The van der Waals surface area contributed by atoms with Crippen molar-refractivity contribution in [3.05, 3.63) is 29.8 Å². The summed E-state index contributed by atoms with van der Waals surface area (Å²) in [6, 6.07) is 7.29. The number of anilines is 1. The molecule has 5 nitrogen and oxygen atoms in total. The third kappa shape index (κ3) is 2.48. The molecule has 0 bridgehead atoms. The number of carboxylic acids is 1. The van der Waals surface area contributed by atoms with E-state index >= 15 is 0 Å². The van der Waals surface area contributed by atoms with E-state index in [1.807, 2.05) is 31.2 Å². The zero-order valence-corrected chi connectivity index (χ0v) is 12.1. The van der Waals surface area contributed by atoms with Crippen molar-refractivity contribution in [2.24, 2.45) is 11.8 Å². The second-order valence-corrected chi connectivity index (χ2v) is 6.02. The second-order valence-electron chi connectivity index (χ2n) is 6.02. The highest BCUT2D eigenvalue weighted by Gasteiger charge is 2.42. The van der Waals surface area contributed by atoms with Crippen molar-refractivity contribution in [3.63, 3.8) is 0 Å². The number of nitrogens with zero attached hydrogens (tertiary/aromatic N) is 1. The molecule has 5 heteroatoms. The second kappa shape index (κ2) is 5.39. The first-order valence-electron chi connectivity index (χ1n) is 7.43. The van der Waals surface area contributed by atoms with E-state index in [9.17, 15) is 14.7 Å². The first-order chi connectivity index (χ1) is 10.1. The number of hydrogen-bond acceptors (Lipinski definition) is 3. The van der Waals surface area contributed by atoms with Crippen LogP contribution in [0.2, 0.25) is 0 Å². The fourth-order valence-corrected chi connectivity index (χ4v) is 3.42. The van der Waals surface area contributed by atoms with Crippen LogP contribution in [0.5, 0.6) is 0 Å². The largest absolute Gasteiger partial charge is 0.480 e. The van der Waals surface area contributed by atoms with Gasteiger partial charge < -0.3 is 15.3 Å².